The van der Waals surface area contributed by atoms with Gasteiger partial charge in [-0.25, -0.2) is 0 Å². The number of aliphatic carboxylic acids is 1. The first-order valence-corrected chi connectivity index (χ1v) is 6.14. The van der Waals surface area contributed by atoms with E-state index in [4.69, 9.17) is 5.11 Å². The Morgan fingerprint density at radius 2 is 1.95 bits per heavy atom. The van der Waals surface area contributed by atoms with E-state index in [-0.39, 0.29) is 24.0 Å². The Hall–Kier alpha value is -2.04. The van der Waals surface area contributed by atoms with Crippen molar-refractivity contribution in [3.8, 4) is 5.75 Å². The molecule has 0 radical (unpaired) electrons. The molecular formula is C14H19NO4. The first kappa shape index (κ1) is 15.0. The van der Waals surface area contributed by atoms with Crippen LogP contribution in [0.1, 0.15) is 36.2 Å². The zero-order valence-electron chi connectivity index (χ0n) is 11.3. The maximum Gasteiger partial charge on any atom is 0.305 e. The molecule has 1 atom stereocenters. The molecule has 1 amide bonds. The van der Waals surface area contributed by atoms with Crippen LogP contribution in [0.3, 0.4) is 0 Å². The predicted octanol–water partition coefficient (Wildman–Crippen LogP) is 1.93. The first-order chi connectivity index (χ1) is 8.82. The lowest BCUT2D eigenvalue weighted by Crippen LogP contribution is -2.40. The van der Waals surface area contributed by atoms with E-state index >= 15 is 0 Å². The third kappa shape index (κ3) is 3.98. The average Bonchev–Trinajstić information content (AvgIpc) is 2.31. The van der Waals surface area contributed by atoms with Crippen LogP contribution in [0.25, 0.3) is 0 Å². The number of carboxylic acids is 1. The predicted molar refractivity (Wildman–Crippen MR) is 71.2 cm³/mol. The first-order valence-electron chi connectivity index (χ1n) is 6.14. The number of nitrogens with one attached hydrogen (secondary N) is 1. The molecule has 1 aromatic carbocycles. The summed E-state index contributed by atoms with van der Waals surface area (Å²) in [7, 11) is 0. The molecule has 0 saturated carbocycles. The summed E-state index contributed by atoms with van der Waals surface area (Å²) in [6, 6.07) is 4.25. The fourth-order valence-electron chi connectivity index (χ4n) is 1.76. The summed E-state index contributed by atoms with van der Waals surface area (Å²) in [6.45, 7) is 5.35. The highest BCUT2D eigenvalue weighted by Gasteiger charge is 2.21. The second-order valence-electron chi connectivity index (χ2n) is 4.87. The van der Waals surface area contributed by atoms with Crippen molar-refractivity contribution in [1.82, 2.24) is 5.32 Å². The highest BCUT2D eigenvalue weighted by Crippen LogP contribution is 2.20. The lowest BCUT2D eigenvalue weighted by Gasteiger charge is -2.21. The van der Waals surface area contributed by atoms with Gasteiger partial charge in [0.15, 0.2) is 0 Å². The second kappa shape index (κ2) is 6.22. The molecule has 19 heavy (non-hydrogen) atoms. The molecule has 1 aromatic rings. The maximum absolute atomic E-state index is 12.1. The summed E-state index contributed by atoms with van der Waals surface area (Å²) in [5, 5.41) is 21.1. The van der Waals surface area contributed by atoms with E-state index in [1.807, 2.05) is 13.8 Å². The molecule has 5 nitrogen and oxygen atoms in total. The molecule has 0 unspecified atom stereocenters. The van der Waals surface area contributed by atoms with Crippen molar-refractivity contribution in [1.29, 1.82) is 0 Å². The highest BCUT2D eigenvalue weighted by atomic mass is 16.4. The quantitative estimate of drug-likeness (QED) is 0.759. The number of amides is 1. The number of hydrogen-bond acceptors (Lipinski definition) is 3. The molecule has 0 aromatic heterocycles. The Morgan fingerprint density at radius 3 is 2.47 bits per heavy atom. The molecule has 3 N–H and O–H groups in total. The number of benzene rings is 1. The van der Waals surface area contributed by atoms with E-state index in [1.165, 1.54) is 6.07 Å². The van der Waals surface area contributed by atoms with Crippen LogP contribution in [0.15, 0.2) is 18.2 Å². The minimum Gasteiger partial charge on any atom is -0.508 e. The Labute approximate surface area is 112 Å². The van der Waals surface area contributed by atoms with E-state index in [1.54, 1.807) is 19.1 Å². The Balaban J connectivity index is 2.88. The zero-order chi connectivity index (χ0) is 14.6. The third-order valence-corrected chi connectivity index (χ3v) is 3.07. The van der Waals surface area contributed by atoms with Crippen molar-refractivity contribution >= 4 is 11.9 Å². The van der Waals surface area contributed by atoms with Crippen LogP contribution in [0.4, 0.5) is 0 Å². The number of hydrogen-bond donors (Lipinski definition) is 3. The van der Waals surface area contributed by atoms with Crippen LogP contribution < -0.4 is 5.32 Å². The van der Waals surface area contributed by atoms with E-state index < -0.39 is 12.0 Å². The maximum atomic E-state index is 12.1. The van der Waals surface area contributed by atoms with E-state index in [0.29, 0.717) is 11.1 Å². The third-order valence-electron chi connectivity index (χ3n) is 3.07. The number of carbonyl (C=O) groups excluding carboxylic acids is 1. The summed E-state index contributed by atoms with van der Waals surface area (Å²) >= 11 is 0. The van der Waals surface area contributed by atoms with Gasteiger partial charge in [0, 0.05) is 17.2 Å². The van der Waals surface area contributed by atoms with Gasteiger partial charge in [0.25, 0.3) is 5.91 Å². The summed E-state index contributed by atoms with van der Waals surface area (Å²) in [5.41, 5.74) is 0.842. The van der Waals surface area contributed by atoms with Crippen LogP contribution >= 0.6 is 0 Å². The van der Waals surface area contributed by atoms with Gasteiger partial charge < -0.3 is 15.5 Å². The molecule has 0 aliphatic rings. The summed E-state index contributed by atoms with van der Waals surface area (Å²) in [5.74, 6) is -1.26. The fourth-order valence-corrected chi connectivity index (χ4v) is 1.76. The van der Waals surface area contributed by atoms with Crippen LogP contribution in [0.2, 0.25) is 0 Å². The van der Waals surface area contributed by atoms with Crippen molar-refractivity contribution < 1.29 is 19.8 Å². The average molecular weight is 265 g/mol. The second-order valence-corrected chi connectivity index (χ2v) is 4.87. The number of rotatable bonds is 5. The van der Waals surface area contributed by atoms with Gasteiger partial charge in [0.1, 0.15) is 5.75 Å². The van der Waals surface area contributed by atoms with Crippen molar-refractivity contribution in [2.75, 3.05) is 0 Å². The van der Waals surface area contributed by atoms with Gasteiger partial charge in [-0.05, 0) is 25.0 Å². The molecular weight excluding hydrogens is 246 g/mol. The number of aromatic hydroxyl groups is 1. The molecule has 0 aliphatic carbocycles. The largest absolute Gasteiger partial charge is 0.508 e. The Morgan fingerprint density at radius 1 is 1.32 bits per heavy atom. The number of phenols is 1. The van der Waals surface area contributed by atoms with E-state index in [0.717, 1.165) is 0 Å². The van der Waals surface area contributed by atoms with Crippen LogP contribution in [0, 0.1) is 12.8 Å². The van der Waals surface area contributed by atoms with E-state index in [9.17, 15) is 14.7 Å². The van der Waals surface area contributed by atoms with Crippen molar-refractivity contribution in [2.24, 2.45) is 5.92 Å². The van der Waals surface area contributed by atoms with Gasteiger partial charge in [-0.1, -0.05) is 19.9 Å². The van der Waals surface area contributed by atoms with E-state index in [2.05, 4.69) is 5.32 Å². The summed E-state index contributed by atoms with van der Waals surface area (Å²) < 4.78 is 0. The standard InChI is InChI=1S/C14H19NO4/c1-8(2)11(7-13(17)18)15-14(19)10-5-4-6-12(16)9(10)3/h4-6,8,11,16H,7H2,1-3H3,(H,15,19)(H,17,18)/t11-/m0/s1. The van der Waals surface area contributed by atoms with Crippen LogP contribution in [0.5, 0.6) is 5.75 Å². The smallest absolute Gasteiger partial charge is 0.305 e. The molecule has 0 bridgehead atoms. The summed E-state index contributed by atoms with van der Waals surface area (Å²) in [6.07, 6.45) is -0.124. The molecule has 0 heterocycles. The van der Waals surface area contributed by atoms with Crippen LogP contribution in [-0.2, 0) is 4.79 Å². The normalized spacial score (nSPS) is 12.2. The van der Waals surface area contributed by atoms with Crippen LogP contribution in [-0.4, -0.2) is 28.1 Å². The van der Waals surface area contributed by atoms with Crippen molar-refractivity contribution in [3.63, 3.8) is 0 Å². The van der Waals surface area contributed by atoms with Crippen molar-refractivity contribution in [3.05, 3.63) is 29.3 Å². The number of phenolic OH excluding ortho intramolecular Hbond substituents is 1. The summed E-state index contributed by atoms with van der Waals surface area (Å²) in [4.78, 5) is 22.9. The molecule has 0 fully saturated rings. The lowest BCUT2D eigenvalue weighted by atomic mass is 9.99. The van der Waals surface area contributed by atoms with Gasteiger partial charge >= 0.3 is 5.97 Å². The van der Waals surface area contributed by atoms with Gasteiger partial charge in [-0.15, -0.1) is 0 Å². The minimum atomic E-state index is -0.952. The molecule has 0 saturated heterocycles. The molecule has 5 heteroatoms. The van der Waals surface area contributed by atoms with Gasteiger partial charge in [0.05, 0.1) is 6.42 Å². The molecule has 0 aliphatic heterocycles. The Bertz CT molecular complexity index is 482. The molecule has 104 valence electrons. The highest BCUT2D eigenvalue weighted by molar-refractivity contribution is 5.96. The SMILES string of the molecule is Cc1c(O)cccc1C(=O)N[C@@H](CC(=O)O)C(C)C. The molecule has 1 rings (SSSR count). The van der Waals surface area contributed by atoms with Gasteiger partial charge in [-0.3, -0.25) is 9.59 Å². The van der Waals surface area contributed by atoms with Gasteiger partial charge in [-0.2, -0.15) is 0 Å². The molecule has 0 spiro atoms. The topological polar surface area (TPSA) is 86.6 Å². The minimum absolute atomic E-state index is 0.0117. The Kier molecular flexibility index (Phi) is 4.92. The fraction of sp³-hybridized carbons (Fsp3) is 0.429. The zero-order valence-corrected chi connectivity index (χ0v) is 11.3. The van der Waals surface area contributed by atoms with Crippen molar-refractivity contribution in [2.45, 2.75) is 33.2 Å². The monoisotopic (exact) mass is 265 g/mol. The lowest BCUT2D eigenvalue weighted by molar-refractivity contribution is -0.137. The van der Waals surface area contributed by atoms with Gasteiger partial charge in [0.2, 0.25) is 0 Å². The number of carboxylic acid groups (broad SMARTS) is 1. The number of carbonyl (C=O) groups is 2.